The molecule has 0 aromatic carbocycles. The van der Waals surface area contributed by atoms with E-state index in [4.69, 9.17) is 0 Å². The Kier molecular flexibility index (Phi) is 4.93. The maximum atomic E-state index is 13.0. The van der Waals surface area contributed by atoms with Crippen LogP contribution in [-0.4, -0.2) is 65.2 Å². The van der Waals surface area contributed by atoms with Crippen LogP contribution in [0.4, 0.5) is 13.2 Å². The number of nitrogens with zero attached hydrogens (tertiary/aromatic N) is 4. The highest BCUT2D eigenvalue weighted by atomic mass is 19.4. The number of nitrogens with one attached hydrogen (secondary N) is 1. The molecule has 150 valence electrons. The second-order valence-electron chi connectivity index (χ2n) is 7.52. The Morgan fingerprint density at radius 1 is 1.25 bits per heavy atom. The van der Waals surface area contributed by atoms with E-state index in [0.717, 1.165) is 30.9 Å². The first-order valence-electron chi connectivity index (χ1n) is 9.37. The van der Waals surface area contributed by atoms with Crippen molar-refractivity contribution in [3.05, 3.63) is 65.3 Å². The Bertz CT molecular complexity index is 815. The monoisotopic (exact) mass is 391 g/mol. The minimum Gasteiger partial charge on any atom is -0.366 e. The molecule has 0 saturated carbocycles. The summed E-state index contributed by atoms with van der Waals surface area (Å²) < 4.78 is 39.0. The first kappa shape index (κ1) is 19.0. The zero-order chi connectivity index (χ0) is 19.9. The smallest absolute Gasteiger partial charge is 0.366 e. The van der Waals surface area contributed by atoms with E-state index < -0.39 is 12.2 Å². The summed E-state index contributed by atoms with van der Waals surface area (Å²) in [6.07, 6.45) is 2.00. The van der Waals surface area contributed by atoms with Gasteiger partial charge < -0.3 is 9.91 Å². The molecule has 3 aliphatic heterocycles. The SMILES string of the molecule is CC1=C2CN(CC3=CN(C)C(C(F)(F)F)C=C3)CCN2NC1c1ccccn1. The van der Waals surface area contributed by atoms with Gasteiger partial charge in [-0.3, -0.25) is 9.88 Å². The van der Waals surface area contributed by atoms with Crippen LogP contribution in [0.15, 0.2) is 59.6 Å². The Hall–Kier alpha value is -2.32. The molecule has 1 fully saturated rings. The van der Waals surface area contributed by atoms with Crippen LogP contribution >= 0.6 is 0 Å². The van der Waals surface area contributed by atoms with Crippen molar-refractivity contribution in [1.29, 1.82) is 0 Å². The molecule has 4 rings (SSSR count). The Morgan fingerprint density at radius 3 is 2.75 bits per heavy atom. The maximum Gasteiger partial charge on any atom is 0.412 e. The summed E-state index contributed by atoms with van der Waals surface area (Å²) in [4.78, 5) is 7.98. The molecule has 3 aliphatic rings. The van der Waals surface area contributed by atoms with Crippen molar-refractivity contribution in [2.24, 2.45) is 0 Å². The summed E-state index contributed by atoms with van der Waals surface area (Å²) in [7, 11) is 1.48. The number of hydrogen-bond donors (Lipinski definition) is 1. The average Bonchev–Trinajstić information content (AvgIpc) is 2.98. The van der Waals surface area contributed by atoms with E-state index in [0.29, 0.717) is 6.54 Å². The van der Waals surface area contributed by atoms with Crippen molar-refractivity contribution in [2.45, 2.75) is 25.2 Å². The van der Waals surface area contributed by atoms with Crippen LogP contribution < -0.4 is 5.43 Å². The summed E-state index contributed by atoms with van der Waals surface area (Å²) in [5.41, 5.74) is 7.87. The molecule has 0 aliphatic carbocycles. The van der Waals surface area contributed by atoms with Gasteiger partial charge in [-0.2, -0.15) is 13.2 Å². The number of hydrazine groups is 1. The first-order valence-corrected chi connectivity index (χ1v) is 9.37. The minimum absolute atomic E-state index is 0.0728. The highest BCUT2D eigenvalue weighted by Gasteiger charge is 2.41. The summed E-state index contributed by atoms with van der Waals surface area (Å²) in [6, 6.07) is 4.43. The Morgan fingerprint density at radius 2 is 2.07 bits per heavy atom. The van der Waals surface area contributed by atoms with Crippen molar-refractivity contribution < 1.29 is 13.2 Å². The lowest BCUT2D eigenvalue weighted by atomic mass is 10.0. The number of likely N-dealkylation sites (N-methyl/N-ethyl adjacent to an activating group) is 1. The summed E-state index contributed by atoms with van der Waals surface area (Å²) in [5.74, 6) is 0. The third-order valence-corrected chi connectivity index (χ3v) is 5.54. The normalized spacial score (nSPS) is 26.0. The number of fused-ring (bicyclic) bond motifs is 1. The molecule has 4 heterocycles. The van der Waals surface area contributed by atoms with Crippen molar-refractivity contribution in [2.75, 3.05) is 33.2 Å². The van der Waals surface area contributed by atoms with E-state index in [2.05, 4.69) is 27.2 Å². The van der Waals surface area contributed by atoms with Gasteiger partial charge in [0.15, 0.2) is 0 Å². The van der Waals surface area contributed by atoms with Crippen LogP contribution in [-0.2, 0) is 0 Å². The fourth-order valence-corrected chi connectivity index (χ4v) is 4.05. The molecular weight excluding hydrogens is 367 g/mol. The number of halogens is 3. The van der Waals surface area contributed by atoms with Gasteiger partial charge in [0.05, 0.1) is 11.7 Å². The Labute approximate surface area is 162 Å². The van der Waals surface area contributed by atoms with Gasteiger partial charge in [0.1, 0.15) is 6.04 Å². The van der Waals surface area contributed by atoms with Gasteiger partial charge >= 0.3 is 6.18 Å². The molecule has 2 atom stereocenters. The molecule has 2 unspecified atom stereocenters. The molecule has 1 aromatic heterocycles. The number of piperazine rings is 1. The molecule has 1 N–H and O–H groups in total. The van der Waals surface area contributed by atoms with Gasteiger partial charge in [-0.15, -0.1) is 0 Å². The fourth-order valence-electron chi connectivity index (χ4n) is 4.05. The van der Waals surface area contributed by atoms with Gasteiger partial charge in [-0.1, -0.05) is 18.2 Å². The van der Waals surface area contributed by atoms with Crippen LogP contribution in [0, 0.1) is 0 Å². The van der Waals surface area contributed by atoms with E-state index in [1.165, 1.54) is 29.3 Å². The van der Waals surface area contributed by atoms with E-state index in [1.54, 1.807) is 18.5 Å². The topological polar surface area (TPSA) is 34.6 Å². The minimum atomic E-state index is -4.25. The summed E-state index contributed by atoms with van der Waals surface area (Å²) in [5, 5.41) is 2.18. The quantitative estimate of drug-likeness (QED) is 0.857. The zero-order valence-corrected chi connectivity index (χ0v) is 15.9. The van der Waals surface area contributed by atoms with E-state index in [9.17, 15) is 13.2 Å². The molecule has 1 aromatic rings. The lowest BCUT2D eigenvalue weighted by molar-refractivity contribution is -0.161. The predicted molar refractivity (Wildman–Crippen MR) is 101 cm³/mol. The number of hydrogen-bond acceptors (Lipinski definition) is 5. The molecule has 28 heavy (non-hydrogen) atoms. The van der Waals surface area contributed by atoms with Crippen LogP contribution in [0.1, 0.15) is 18.7 Å². The molecule has 0 spiro atoms. The maximum absolute atomic E-state index is 13.0. The first-order chi connectivity index (χ1) is 13.3. The standard InChI is InChI=1S/C20H24F3N5/c1-14-17-13-27(12-15-6-7-18(20(21,22)23)26(2)11-15)9-10-28(17)25-19(14)16-5-3-4-8-24-16/h3-8,11,18-19,25H,9-10,12-13H2,1-2H3. The summed E-state index contributed by atoms with van der Waals surface area (Å²) in [6.45, 7) is 5.18. The van der Waals surface area contributed by atoms with Crippen molar-refractivity contribution in [1.82, 2.24) is 25.2 Å². The molecule has 0 bridgehead atoms. The van der Waals surface area contributed by atoms with E-state index in [-0.39, 0.29) is 6.04 Å². The van der Waals surface area contributed by atoms with Gasteiger partial charge in [0, 0.05) is 51.3 Å². The average molecular weight is 391 g/mol. The van der Waals surface area contributed by atoms with Crippen molar-refractivity contribution in [3.63, 3.8) is 0 Å². The van der Waals surface area contributed by atoms with Crippen LogP contribution in [0.3, 0.4) is 0 Å². The number of pyridine rings is 1. The molecular formula is C20H24F3N5. The molecule has 0 amide bonds. The lowest BCUT2D eigenvalue weighted by Gasteiger charge is -2.37. The second kappa shape index (κ2) is 7.25. The largest absolute Gasteiger partial charge is 0.412 e. The highest BCUT2D eigenvalue weighted by Crippen LogP contribution is 2.33. The van der Waals surface area contributed by atoms with E-state index in [1.807, 2.05) is 18.2 Å². The van der Waals surface area contributed by atoms with Crippen LogP contribution in [0.5, 0.6) is 0 Å². The van der Waals surface area contributed by atoms with Gasteiger partial charge in [-0.05, 0) is 30.2 Å². The third-order valence-electron chi connectivity index (χ3n) is 5.54. The second-order valence-corrected chi connectivity index (χ2v) is 7.52. The van der Waals surface area contributed by atoms with Crippen molar-refractivity contribution >= 4 is 0 Å². The predicted octanol–water partition coefficient (Wildman–Crippen LogP) is 2.85. The van der Waals surface area contributed by atoms with Gasteiger partial charge in [0.2, 0.25) is 0 Å². The summed E-state index contributed by atoms with van der Waals surface area (Å²) >= 11 is 0. The number of alkyl halides is 3. The van der Waals surface area contributed by atoms with Crippen molar-refractivity contribution in [3.8, 4) is 0 Å². The highest BCUT2D eigenvalue weighted by molar-refractivity contribution is 5.32. The zero-order valence-electron chi connectivity index (χ0n) is 15.9. The molecule has 8 heteroatoms. The molecule has 1 saturated heterocycles. The van der Waals surface area contributed by atoms with Gasteiger partial charge in [0.25, 0.3) is 0 Å². The number of aromatic nitrogens is 1. The third kappa shape index (κ3) is 3.66. The van der Waals surface area contributed by atoms with Gasteiger partial charge in [-0.25, -0.2) is 5.43 Å². The van der Waals surface area contributed by atoms with E-state index >= 15 is 0 Å². The number of rotatable bonds is 3. The molecule has 5 nitrogen and oxygen atoms in total. The lowest BCUT2D eigenvalue weighted by Crippen LogP contribution is -2.48. The Balaban J connectivity index is 1.44. The fraction of sp³-hybridized carbons (Fsp3) is 0.450. The van der Waals surface area contributed by atoms with Crippen LogP contribution in [0.25, 0.3) is 0 Å². The van der Waals surface area contributed by atoms with Crippen LogP contribution in [0.2, 0.25) is 0 Å². The molecule has 0 radical (unpaired) electrons.